The summed E-state index contributed by atoms with van der Waals surface area (Å²) in [5, 5.41) is 0. The first kappa shape index (κ1) is 12.2. The maximum Gasteiger partial charge on any atom is 0.158 e. The summed E-state index contributed by atoms with van der Waals surface area (Å²) in [5.74, 6) is 0.326. The molecule has 1 aliphatic carbocycles. The maximum absolute atomic E-state index is 11.8. The number of allylic oxidation sites excluding steroid dienone is 3. The SMILES string of the molecule is C=CCCC(=O)C1=CCCC(C)(C)CC1. The Kier molecular flexibility index (Phi) is 4.31. The van der Waals surface area contributed by atoms with E-state index >= 15 is 0 Å². The molecule has 0 saturated carbocycles. The third kappa shape index (κ3) is 4.03. The molecule has 1 nitrogen and oxygen atoms in total. The van der Waals surface area contributed by atoms with Crippen molar-refractivity contribution in [2.45, 2.75) is 52.4 Å². The lowest BCUT2D eigenvalue weighted by molar-refractivity contribution is -0.115. The number of hydrogen-bond acceptors (Lipinski definition) is 1. The molecule has 84 valence electrons. The summed E-state index contributed by atoms with van der Waals surface area (Å²) in [5.41, 5.74) is 1.46. The van der Waals surface area contributed by atoms with E-state index in [-0.39, 0.29) is 0 Å². The van der Waals surface area contributed by atoms with Crippen molar-refractivity contribution in [3.05, 3.63) is 24.3 Å². The Hall–Kier alpha value is -0.850. The summed E-state index contributed by atoms with van der Waals surface area (Å²) in [6.45, 7) is 8.23. The first-order valence-electron chi connectivity index (χ1n) is 5.88. The Balaban J connectivity index is 2.52. The van der Waals surface area contributed by atoms with Gasteiger partial charge in [0.25, 0.3) is 0 Å². The molecule has 0 unspecified atom stereocenters. The third-order valence-electron chi connectivity index (χ3n) is 3.22. The molecule has 0 aromatic carbocycles. The lowest BCUT2D eigenvalue weighted by Gasteiger charge is -2.21. The normalized spacial score (nSPS) is 20.3. The molecular formula is C14H22O. The lowest BCUT2D eigenvalue weighted by Crippen LogP contribution is -2.10. The summed E-state index contributed by atoms with van der Waals surface area (Å²) in [6.07, 6.45) is 9.77. The van der Waals surface area contributed by atoms with Crippen molar-refractivity contribution < 1.29 is 4.79 Å². The quantitative estimate of drug-likeness (QED) is 0.634. The third-order valence-corrected chi connectivity index (χ3v) is 3.22. The zero-order chi connectivity index (χ0) is 11.3. The molecule has 0 aromatic rings. The van der Waals surface area contributed by atoms with Gasteiger partial charge in [-0.3, -0.25) is 4.79 Å². The van der Waals surface area contributed by atoms with Crippen molar-refractivity contribution in [2.75, 3.05) is 0 Å². The summed E-state index contributed by atoms with van der Waals surface area (Å²) < 4.78 is 0. The van der Waals surface area contributed by atoms with Crippen molar-refractivity contribution in [1.29, 1.82) is 0 Å². The van der Waals surface area contributed by atoms with Crippen LogP contribution < -0.4 is 0 Å². The lowest BCUT2D eigenvalue weighted by atomic mass is 9.84. The average molecular weight is 206 g/mol. The van der Waals surface area contributed by atoms with E-state index in [4.69, 9.17) is 0 Å². The van der Waals surface area contributed by atoms with Crippen LogP contribution in [0, 0.1) is 5.41 Å². The molecule has 0 atom stereocenters. The van der Waals surface area contributed by atoms with Gasteiger partial charge in [-0.05, 0) is 43.1 Å². The highest BCUT2D eigenvalue weighted by atomic mass is 16.1. The van der Waals surface area contributed by atoms with E-state index in [9.17, 15) is 4.79 Å². The fourth-order valence-corrected chi connectivity index (χ4v) is 1.98. The second kappa shape index (κ2) is 5.29. The predicted molar refractivity (Wildman–Crippen MR) is 64.8 cm³/mol. The molecule has 0 amide bonds. The van der Waals surface area contributed by atoms with Crippen LogP contribution >= 0.6 is 0 Å². The molecule has 0 saturated heterocycles. The highest BCUT2D eigenvalue weighted by Gasteiger charge is 2.22. The summed E-state index contributed by atoms with van der Waals surface area (Å²) in [7, 11) is 0. The van der Waals surface area contributed by atoms with E-state index in [1.807, 2.05) is 6.08 Å². The van der Waals surface area contributed by atoms with Gasteiger partial charge in [-0.2, -0.15) is 0 Å². The Bertz CT molecular complexity index is 271. The van der Waals surface area contributed by atoms with Crippen molar-refractivity contribution in [1.82, 2.24) is 0 Å². The van der Waals surface area contributed by atoms with Crippen LogP contribution in [0.25, 0.3) is 0 Å². The van der Waals surface area contributed by atoms with E-state index in [0.29, 0.717) is 17.6 Å². The van der Waals surface area contributed by atoms with Gasteiger partial charge in [-0.15, -0.1) is 6.58 Å². The first-order valence-corrected chi connectivity index (χ1v) is 5.88. The summed E-state index contributed by atoms with van der Waals surface area (Å²) >= 11 is 0. The molecule has 1 rings (SSSR count). The largest absolute Gasteiger partial charge is 0.295 e. The van der Waals surface area contributed by atoms with Crippen LogP contribution in [0.15, 0.2) is 24.3 Å². The highest BCUT2D eigenvalue weighted by molar-refractivity contribution is 5.95. The number of Topliss-reactive ketones (excluding diaryl/α,β-unsaturated/α-hetero) is 1. The van der Waals surface area contributed by atoms with E-state index in [1.165, 1.54) is 6.42 Å². The van der Waals surface area contributed by atoms with E-state index in [1.54, 1.807) is 0 Å². The molecule has 15 heavy (non-hydrogen) atoms. The van der Waals surface area contributed by atoms with Gasteiger partial charge in [-0.25, -0.2) is 0 Å². The first-order chi connectivity index (χ1) is 7.05. The number of hydrogen-bond donors (Lipinski definition) is 0. The van der Waals surface area contributed by atoms with Gasteiger partial charge in [0.2, 0.25) is 0 Å². The summed E-state index contributed by atoms with van der Waals surface area (Å²) in [6, 6.07) is 0. The van der Waals surface area contributed by atoms with Gasteiger partial charge >= 0.3 is 0 Å². The topological polar surface area (TPSA) is 17.1 Å². The van der Waals surface area contributed by atoms with E-state index in [0.717, 1.165) is 31.3 Å². The molecule has 0 spiro atoms. The molecule has 0 radical (unpaired) electrons. The molecule has 0 bridgehead atoms. The minimum absolute atomic E-state index is 0.326. The molecule has 0 heterocycles. The zero-order valence-corrected chi connectivity index (χ0v) is 10.0. The van der Waals surface area contributed by atoms with E-state index < -0.39 is 0 Å². The van der Waals surface area contributed by atoms with Gasteiger partial charge in [0.15, 0.2) is 5.78 Å². The standard InChI is InChI=1S/C14H22O/c1-4-5-8-13(15)12-7-6-10-14(2,3)11-9-12/h4,7H,1,5-6,8-11H2,2-3H3. The molecule has 0 N–H and O–H groups in total. The molecule has 0 aromatic heterocycles. The second-order valence-corrected chi connectivity index (χ2v) is 5.18. The van der Waals surface area contributed by atoms with Crippen molar-refractivity contribution in [2.24, 2.45) is 5.41 Å². The van der Waals surface area contributed by atoms with Gasteiger partial charge in [0.1, 0.15) is 0 Å². The fourth-order valence-electron chi connectivity index (χ4n) is 1.98. The zero-order valence-electron chi connectivity index (χ0n) is 10.0. The fraction of sp³-hybridized carbons (Fsp3) is 0.643. The average Bonchev–Trinajstić information content (AvgIpc) is 2.36. The van der Waals surface area contributed by atoms with Gasteiger partial charge in [0.05, 0.1) is 0 Å². The molecule has 0 aliphatic heterocycles. The Morgan fingerprint density at radius 3 is 2.93 bits per heavy atom. The van der Waals surface area contributed by atoms with Crippen LogP contribution in [-0.2, 0) is 4.79 Å². The number of rotatable bonds is 4. The van der Waals surface area contributed by atoms with Crippen LogP contribution in [0.4, 0.5) is 0 Å². The number of ketones is 1. The predicted octanol–water partition coefficient (Wildman–Crippen LogP) is 4.05. The van der Waals surface area contributed by atoms with Crippen LogP contribution in [0.5, 0.6) is 0 Å². The number of carbonyl (C=O) groups excluding carboxylic acids is 1. The molecule has 1 aliphatic rings. The van der Waals surface area contributed by atoms with Crippen LogP contribution in [-0.4, -0.2) is 5.78 Å². The smallest absolute Gasteiger partial charge is 0.158 e. The Labute approximate surface area is 93.3 Å². The molecule has 1 heteroatoms. The monoisotopic (exact) mass is 206 g/mol. The van der Waals surface area contributed by atoms with E-state index in [2.05, 4.69) is 26.5 Å². The maximum atomic E-state index is 11.8. The van der Waals surface area contributed by atoms with Crippen LogP contribution in [0.3, 0.4) is 0 Å². The number of carbonyl (C=O) groups is 1. The van der Waals surface area contributed by atoms with Gasteiger partial charge < -0.3 is 0 Å². The van der Waals surface area contributed by atoms with Gasteiger partial charge in [0, 0.05) is 6.42 Å². The van der Waals surface area contributed by atoms with Crippen molar-refractivity contribution in [3.8, 4) is 0 Å². The Morgan fingerprint density at radius 2 is 2.27 bits per heavy atom. The molecular weight excluding hydrogens is 184 g/mol. The van der Waals surface area contributed by atoms with Crippen molar-refractivity contribution >= 4 is 5.78 Å². The minimum Gasteiger partial charge on any atom is -0.295 e. The molecule has 0 fully saturated rings. The summed E-state index contributed by atoms with van der Waals surface area (Å²) in [4.78, 5) is 11.8. The highest BCUT2D eigenvalue weighted by Crippen LogP contribution is 2.33. The second-order valence-electron chi connectivity index (χ2n) is 5.18. The minimum atomic E-state index is 0.326. The van der Waals surface area contributed by atoms with Crippen molar-refractivity contribution in [3.63, 3.8) is 0 Å². The Morgan fingerprint density at radius 1 is 1.53 bits per heavy atom. The van der Waals surface area contributed by atoms with Crippen LogP contribution in [0.2, 0.25) is 0 Å². The van der Waals surface area contributed by atoms with Gasteiger partial charge in [-0.1, -0.05) is 26.0 Å². The van der Waals surface area contributed by atoms with Crippen LogP contribution in [0.1, 0.15) is 52.4 Å².